The van der Waals surface area contributed by atoms with Gasteiger partial charge >= 0.3 is 0 Å². The van der Waals surface area contributed by atoms with Crippen molar-refractivity contribution >= 4 is 35.7 Å². The maximum absolute atomic E-state index is 4.65. The summed E-state index contributed by atoms with van der Waals surface area (Å²) >= 11 is 0. The number of nitrogens with zero attached hydrogens (tertiary/aromatic N) is 6. The minimum atomic E-state index is 0. The lowest BCUT2D eigenvalue weighted by Gasteiger charge is -2.32. The lowest BCUT2D eigenvalue weighted by molar-refractivity contribution is 0.179. The predicted octanol–water partition coefficient (Wildman–Crippen LogP) is 4.81. The average molecular weight is 473 g/mol. The molecule has 2 aromatic carbocycles. The molecule has 1 fully saturated rings. The molecule has 8 heteroatoms. The quantitative estimate of drug-likeness (QED) is 0.387. The number of benzene rings is 2. The number of piperidine rings is 1. The third-order valence-electron chi connectivity index (χ3n) is 6.26. The number of fused-ring (bicyclic) bond motifs is 1. The van der Waals surface area contributed by atoms with Crippen molar-refractivity contribution in [1.29, 1.82) is 0 Å². The molecule has 0 unspecified atom stereocenters. The Hall–Kier alpha value is -2.41. The fraction of sp³-hybridized carbons (Fsp3) is 0.375. The fourth-order valence-corrected chi connectivity index (χ4v) is 4.63. The molecule has 1 aliphatic rings. The highest BCUT2D eigenvalue weighted by Crippen LogP contribution is 2.24. The Morgan fingerprint density at radius 3 is 2.34 bits per heavy atom. The summed E-state index contributed by atoms with van der Waals surface area (Å²) in [6, 6.07) is 17.2. The van der Waals surface area contributed by atoms with Crippen LogP contribution in [0.25, 0.3) is 16.6 Å². The second-order valence-electron chi connectivity index (χ2n) is 8.28. The lowest BCUT2D eigenvalue weighted by Crippen LogP contribution is -2.35. The zero-order valence-corrected chi connectivity index (χ0v) is 19.7. The van der Waals surface area contributed by atoms with Gasteiger partial charge in [0, 0.05) is 11.9 Å². The molecular formula is C24H30Cl2N6. The van der Waals surface area contributed by atoms with Crippen LogP contribution in [-0.2, 0) is 13.0 Å². The first-order valence-corrected chi connectivity index (χ1v) is 10.9. The molecule has 1 saturated heterocycles. The molecule has 1 aliphatic heterocycles. The lowest BCUT2D eigenvalue weighted by atomic mass is 9.90. The zero-order chi connectivity index (χ0) is 20.2. The molecule has 0 aliphatic carbocycles. The standard InChI is InChI=1S/C24H28N6.2ClH/c1-2-6-20(7-3-1)16-21-10-14-28(15-11-21)12-5-13-30-24-22(17-27-30)8-4-9-23(24)29-18-25-26-19-29;;/h1-4,6-9,17-19,21H,5,10-16H2;2*1H. The minimum Gasteiger partial charge on any atom is -0.303 e. The predicted molar refractivity (Wildman–Crippen MR) is 133 cm³/mol. The topological polar surface area (TPSA) is 51.8 Å². The van der Waals surface area contributed by atoms with Crippen LogP contribution in [0.1, 0.15) is 24.8 Å². The zero-order valence-electron chi connectivity index (χ0n) is 18.1. The first kappa shape index (κ1) is 24.2. The van der Waals surface area contributed by atoms with Crippen LogP contribution in [0, 0.1) is 5.92 Å². The van der Waals surface area contributed by atoms with Crippen LogP contribution in [0.3, 0.4) is 0 Å². The van der Waals surface area contributed by atoms with E-state index in [1.807, 2.05) is 10.8 Å². The monoisotopic (exact) mass is 472 g/mol. The molecule has 0 saturated carbocycles. The van der Waals surface area contributed by atoms with Crippen LogP contribution >= 0.6 is 24.8 Å². The maximum Gasteiger partial charge on any atom is 0.123 e. The van der Waals surface area contributed by atoms with E-state index in [4.69, 9.17) is 0 Å². The van der Waals surface area contributed by atoms with Crippen LogP contribution in [0.15, 0.2) is 67.4 Å². The van der Waals surface area contributed by atoms with Gasteiger partial charge in [-0.1, -0.05) is 42.5 Å². The Morgan fingerprint density at radius 1 is 0.844 bits per heavy atom. The molecule has 0 amide bonds. The van der Waals surface area contributed by atoms with E-state index in [1.54, 1.807) is 12.7 Å². The number of likely N-dealkylation sites (tertiary alicyclic amines) is 1. The van der Waals surface area contributed by atoms with Crippen LogP contribution in [0.5, 0.6) is 0 Å². The Morgan fingerprint density at radius 2 is 1.59 bits per heavy atom. The molecule has 32 heavy (non-hydrogen) atoms. The van der Waals surface area contributed by atoms with Crippen LogP contribution in [0.4, 0.5) is 0 Å². The highest BCUT2D eigenvalue weighted by Gasteiger charge is 2.19. The highest BCUT2D eigenvalue weighted by atomic mass is 35.5. The molecule has 170 valence electrons. The summed E-state index contributed by atoms with van der Waals surface area (Å²) in [5.41, 5.74) is 3.71. The van der Waals surface area contributed by atoms with Gasteiger partial charge in [0.15, 0.2) is 0 Å². The first-order chi connectivity index (χ1) is 14.9. The van der Waals surface area contributed by atoms with Crippen molar-refractivity contribution in [3.63, 3.8) is 0 Å². The minimum absolute atomic E-state index is 0. The van der Waals surface area contributed by atoms with Crippen LogP contribution < -0.4 is 0 Å². The van der Waals surface area contributed by atoms with Crippen molar-refractivity contribution in [2.24, 2.45) is 5.92 Å². The van der Waals surface area contributed by atoms with E-state index in [-0.39, 0.29) is 24.8 Å². The molecule has 3 heterocycles. The SMILES string of the molecule is Cl.Cl.c1ccc(CC2CCN(CCCn3ncc4cccc(-n5cnnc5)c43)CC2)cc1. The summed E-state index contributed by atoms with van der Waals surface area (Å²) in [6.07, 6.45) is 10.4. The fourth-order valence-electron chi connectivity index (χ4n) is 4.63. The Balaban J connectivity index is 0.00000144. The van der Waals surface area contributed by atoms with E-state index in [1.165, 1.54) is 37.9 Å². The second-order valence-corrected chi connectivity index (χ2v) is 8.28. The molecule has 5 rings (SSSR count). The summed E-state index contributed by atoms with van der Waals surface area (Å²) < 4.78 is 4.09. The molecular weight excluding hydrogens is 443 g/mol. The van der Waals surface area contributed by atoms with Gasteiger partial charge in [0.2, 0.25) is 0 Å². The molecule has 0 radical (unpaired) electrons. The van der Waals surface area contributed by atoms with E-state index in [2.05, 4.69) is 73.4 Å². The van der Waals surface area contributed by atoms with Crippen molar-refractivity contribution in [3.8, 4) is 5.69 Å². The molecule has 0 spiro atoms. The molecule has 6 nitrogen and oxygen atoms in total. The summed E-state index contributed by atoms with van der Waals surface area (Å²) in [5, 5.41) is 13.7. The highest BCUT2D eigenvalue weighted by molar-refractivity contribution is 5.86. The average Bonchev–Trinajstić information content (AvgIpc) is 3.46. The third-order valence-corrected chi connectivity index (χ3v) is 6.26. The summed E-state index contributed by atoms with van der Waals surface area (Å²) in [4.78, 5) is 2.62. The number of para-hydroxylation sites is 1. The molecule has 0 bridgehead atoms. The third kappa shape index (κ3) is 5.49. The Bertz CT molecular complexity index is 1070. The Kier molecular flexibility index (Phi) is 8.67. The van der Waals surface area contributed by atoms with Gasteiger partial charge in [0.1, 0.15) is 12.7 Å². The van der Waals surface area contributed by atoms with Crippen molar-refractivity contribution in [2.75, 3.05) is 19.6 Å². The van der Waals surface area contributed by atoms with Gasteiger partial charge < -0.3 is 4.90 Å². The summed E-state index contributed by atoms with van der Waals surface area (Å²) in [6.45, 7) is 4.48. The van der Waals surface area contributed by atoms with Crippen molar-refractivity contribution in [3.05, 3.63) is 72.9 Å². The normalized spacial score (nSPS) is 14.8. The Labute approximate surface area is 201 Å². The number of halogens is 2. The second kappa shape index (κ2) is 11.5. The smallest absolute Gasteiger partial charge is 0.123 e. The molecule has 0 atom stereocenters. The van der Waals surface area contributed by atoms with E-state index in [0.29, 0.717) is 0 Å². The van der Waals surface area contributed by atoms with Gasteiger partial charge in [-0.05, 0) is 62.9 Å². The van der Waals surface area contributed by atoms with Crippen LogP contribution in [-0.4, -0.2) is 49.1 Å². The van der Waals surface area contributed by atoms with Crippen molar-refractivity contribution in [1.82, 2.24) is 29.4 Å². The van der Waals surface area contributed by atoms with Gasteiger partial charge in [-0.25, -0.2) is 0 Å². The number of hydrogen-bond acceptors (Lipinski definition) is 4. The van der Waals surface area contributed by atoms with E-state index >= 15 is 0 Å². The summed E-state index contributed by atoms with van der Waals surface area (Å²) in [5.74, 6) is 0.824. The number of hydrogen-bond donors (Lipinski definition) is 0. The van der Waals surface area contributed by atoms with Crippen LogP contribution in [0.2, 0.25) is 0 Å². The largest absolute Gasteiger partial charge is 0.303 e. The number of rotatable bonds is 7. The maximum atomic E-state index is 4.65. The van der Waals surface area contributed by atoms with Gasteiger partial charge in [0.25, 0.3) is 0 Å². The molecule has 4 aromatic rings. The summed E-state index contributed by atoms with van der Waals surface area (Å²) in [7, 11) is 0. The van der Waals surface area contributed by atoms with E-state index in [0.717, 1.165) is 42.0 Å². The first-order valence-electron chi connectivity index (χ1n) is 10.9. The van der Waals surface area contributed by atoms with Crippen molar-refractivity contribution in [2.45, 2.75) is 32.2 Å². The van der Waals surface area contributed by atoms with Gasteiger partial charge in [0.05, 0.1) is 17.4 Å². The number of aromatic nitrogens is 5. The molecule has 0 N–H and O–H groups in total. The van der Waals surface area contributed by atoms with Gasteiger partial charge in [-0.3, -0.25) is 9.25 Å². The molecule has 2 aromatic heterocycles. The number of aryl methyl sites for hydroxylation is 1. The van der Waals surface area contributed by atoms with Gasteiger partial charge in [-0.15, -0.1) is 35.0 Å². The van der Waals surface area contributed by atoms with Gasteiger partial charge in [-0.2, -0.15) is 5.10 Å². The van der Waals surface area contributed by atoms with E-state index < -0.39 is 0 Å². The van der Waals surface area contributed by atoms with E-state index in [9.17, 15) is 0 Å². The van der Waals surface area contributed by atoms with Crippen molar-refractivity contribution < 1.29 is 0 Å².